The molecule has 134 valence electrons. The molecule has 0 saturated carbocycles. The largest absolute Gasteiger partial charge is 0.462 e. The van der Waals surface area contributed by atoms with Crippen molar-refractivity contribution in [1.82, 2.24) is 4.90 Å². The molecule has 0 spiro atoms. The summed E-state index contributed by atoms with van der Waals surface area (Å²) in [5.41, 5.74) is 0. The van der Waals surface area contributed by atoms with Crippen molar-refractivity contribution in [1.29, 1.82) is 0 Å². The lowest BCUT2D eigenvalue weighted by atomic mass is 9.94. The minimum atomic E-state index is -2.45. The van der Waals surface area contributed by atoms with Gasteiger partial charge in [-0.25, -0.2) is 4.79 Å². The van der Waals surface area contributed by atoms with Crippen LogP contribution in [0.15, 0.2) is 0 Å². The van der Waals surface area contributed by atoms with E-state index in [0.29, 0.717) is 25.9 Å². The van der Waals surface area contributed by atoms with Gasteiger partial charge in [-0.15, -0.1) is 0 Å². The molecule has 0 bridgehead atoms. The normalized spacial score (nSPS) is 30.8. The number of nitrogens with zero attached hydrogens (tertiary/aromatic N) is 1. The number of hydrogen-bond acceptors (Lipinski definition) is 7. The predicted octanol–water partition coefficient (Wildman–Crippen LogP) is -0.603. The highest BCUT2D eigenvalue weighted by atomic mass is 16.7. The van der Waals surface area contributed by atoms with Gasteiger partial charge in [0.2, 0.25) is 0 Å². The number of aliphatic hydroxyl groups excluding tert-OH is 2. The predicted molar refractivity (Wildman–Crippen MR) is 80.2 cm³/mol. The highest BCUT2D eigenvalue weighted by Crippen LogP contribution is 2.30. The van der Waals surface area contributed by atoms with Crippen LogP contribution in [0.1, 0.15) is 40.0 Å². The van der Waals surface area contributed by atoms with Crippen LogP contribution in [0.5, 0.6) is 0 Å². The van der Waals surface area contributed by atoms with E-state index in [1.54, 1.807) is 6.92 Å². The standard InChI is InChI=1S/C15H27NO7/c1-4-7-16(8-5-2)13(19)12-11(18)10(17)9-15(21,23-12)14(20)22-6-3/h10-12,17-18,21H,4-9H2,1-3H3/t10-,11+,12+,15?/m0/s1. The Morgan fingerprint density at radius 3 is 2.26 bits per heavy atom. The summed E-state index contributed by atoms with van der Waals surface area (Å²) < 4.78 is 9.91. The van der Waals surface area contributed by atoms with Crippen molar-refractivity contribution >= 4 is 11.9 Å². The van der Waals surface area contributed by atoms with E-state index < -0.39 is 42.4 Å². The van der Waals surface area contributed by atoms with Gasteiger partial charge in [-0.2, -0.15) is 0 Å². The summed E-state index contributed by atoms with van der Waals surface area (Å²) >= 11 is 0. The molecule has 23 heavy (non-hydrogen) atoms. The fourth-order valence-corrected chi connectivity index (χ4v) is 2.56. The third-order valence-electron chi connectivity index (χ3n) is 3.65. The van der Waals surface area contributed by atoms with E-state index in [9.17, 15) is 24.9 Å². The van der Waals surface area contributed by atoms with Gasteiger partial charge >= 0.3 is 5.97 Å². The van der Waals surface area contributed by atoms with E-state index >= 15 is 0 Å². The number of ether oxygens (including phenoxy) is 2. The fraction of sp³-hybridized carbons (Fsp3) is 0.867. The molecule has 0 aromatic heterocycles. The third-order valence-corrected chi connectivity index (χ3v) is 3.65. The molecule has 3 N–H and O–H groups in total. The lowest BCUT2D eigenvalue weighted by Crippen LogP contribution is -2.62. The van der Waals surface area contributed by atoms with Gasteiger partial charge in [0, 0.05) is 19.5 Å². The zero-order valence-electron chi connectivity index (χ0n) is 13.9. The SMILES string of the molecule is CCCN(CCC)C(=O)[C@@H]1OC(O)(C(=O)OCC)C[C@H](O)[C@H]1O. The van der Waals surface area contributed by atoms with Gasteiger partial charge in [0.05, 0.1) is 12.7 Å². The molecule has 0 aromatic rings. The summed E-state index contributed by atoms with van der Waals surface area (Å²) in [6, 6.07) is 0. The van der Waals surface area contributed by atoms with Gasteiger partial charge in [-0.1, -0.05) is 13.8 Å². The van der Waals surface area contributed by atoms with Gasteiger partial charge < -0.3 is 29.7 Å². The second-order valence-corrected chi connectivity index (χ2v) is 5.63. The molecule has 0 radical (unpaired) electrons. The van der Waals surface area contributed by atoms with Crippen molar-refractivity contribution in [3.8, 4) is 0 Å². The van der Waals surface area contributed by atoms with E-state index in [4.69, 9.17) is 9.47 Å². The molecule has 0 aliphatic carbocycles. The molecule has 1 rings (SSSR count). The topological polar surface area (TPSA) is 117 Å². The number of carbonyl (C=O) groups excluding carboxylic acids is 2. The fourth-order valence-electron chi connectivity index (χ4n) is 2.56. The van der Waals surface area contributed by atoms with E-state index in [2.05, 4.69) is 0 Å². The summed E-state index contributed by atoms with van der Waals surface area (Å²) in [5, 5.41) is 30.3. The number of hydrogen-bond donors (Lipinski definition) is 3. The molecule has 1 fully saturated rings. The van der Waals surface area contributed by atoms with Crippen LogP contribution < -0.4 is 0 Å². The number of amides is 1. The number of aliphatic hydroxyl groups is 3. The zero-order valence-corrected chi connectivity index (χ0v) is 13.9. The Morgan fingerprint density at radius 1 is 1.22 bits per heavy atom. The van der Waals surface area contributed by atoms with Gasteiger partial charge in [0.1, 0.15) is 6.10 Å². The van der Waals surface area contributed by atoms with E-state index in [1.807, 2.05) is 13.8 Å². The lowest BCUT2D eigenvalue weighted by Gasteiger charge is -2.41. The summed E-state index contributed by atoms with van der Waals surface area (Å²) in [5.74, 6) is -4.09. The van der Waals surface area contributed by atoms with Crippen LogP contribution in [-0.2, 0) is 19.1 Å². The number of rotatable bonds is 7. The quantitative estimate of drug-likeness (QED) is 0.533. The van der Waals surface area contributed by atoms with Gasteiger partial charge in [0.15, 0.2) is 6.10 Å². The minimum absolute atomic E-state index is 0.0135. The Morgan fingerprint density at radius 2 is 1.78 bits per heavy atom. The lowest BCUT2D eigenvalue weighted by molar-refractivity contribution is -0.291. The molecule has 4 atom stereocenters. The van der Waals surface area contributed by atoms with E-state index in [-0.39, 0.29) is 6.61 Å². The molecule has 1 aliphatic heterocycles. The number of carbonyl (C=O) groups is 2. The molecule has 1 unspecified atom stereocenters. The van der Waals surface area contributed by atoms with Crippen molar-refractivity contribution in [2.75, 3.05) is 19.7 Å². The third kappa shape index (κ3) is 4.63. The van der Waals surface area contributed by atoms with Crippen molar-refractivity contribution in [2.45, 2.75) is 64.1 Å². The van der Waals surface area contributed by atoms with Crippen LogP contribution in [0, 0.1) is 0 Å². The summed E-state index contributed by atoms with van der Waals surface area (Å²) in [7, 11) is 0. The maximum atomic E-state index is 12.6. The van der Waals surface area contributed by atoms with Crippen LogP contribution in [-0.4, -0.2) is 75.9 Å². The number of esters is 1. The van der Waals surface area contributed by atoms with Crippen molar-refractivity contribution in [3.63, 3.8) is 0 Å². The van der Waals surface area contributed by atoms with Crippen molar-refractivity contribution in [2.24, 2.45) is 0 Å². The average molecular weight is 333 g/mol. The summed E-state index contributed by atoms with van der Waals surface area (Å²) in [6.45, 7) is 6.28. The summed E-state index contributed by atoms with van der Waals surface area (Å²) in [4.78, 5) is 25.9. The molecule has 1 amide bonds. The Balaban J connectivity index is 2.97. The molecule has 1 heterocycles. The molecular weight excluding hydrogens is 306 g/mol. The van der Waals surface area contributed by atoms with E-state index in [1.165, 1.54) is 4.90 Å². The monoisotopic (exact) mass is 333 g/mol. The molecule has 0 aromatic carbocycles. The second-order valence-electron chi connectivity index (χ2n) is 5.63. The molecule has 8 nitrogen and oxygen atoms in total. The van der Waals surface area contributed by atoms with Gasteiger partial charge in [0.25, 0.3) is 11.7 Å². The maximum absolute atomic E-state index is 12.6. The molecule has 1 aliphatic rings. The second kappa shape index (κ2) is 8.58. The van der Waals surface area contributed by atoms with Gasteiger partial charge in [-0.3, -0.25) is 4.79 Å². The first-order valence-electron chi connectivity index (χ1n) is 8.03. The zero-order chi connectivity index (χ0) is 17.6. The smallest absolute Gasteiger partial charge is 0.366 e. The maximum Gasteiger partial charge on any atom is 0.366 e. The highest BCUT2D eigenvalue weighted by molar-refractivity contribution is 5.84. The Hall–Kier alpha value is -1.22. The summed E-state index contributed by atoms with van der Waals surface area (Å²) in [6.07, 6.45) is -3.66. The van der Waals surface area contributed by atoms with Crippen LogP contribution in [0.3, 0.4) is 0 Å². The first-order chi connectivity index (χ1) is 10.8. The Bertz CT molecular complexity index is 411. The molecule has 1 saturated heterocycles. The van der Waals surface area contributed by atoms with Crippen LogP contribution >= 0.6 is 0 Å². The van der Waals surface area contributed by atoms with Gasteiger partial charge in [-0.05, 0) is 19.8 Å². The molecule has 8 heteroatoms. The first-order valence-corrected chi connectivity index (χ1v) is 8.03. The van der Waals surface area contributed by atoms with Crippen LogP contribution in [0.25, 0.3) is 0 Å². The van der Waals surface area contributed by atoms with Crippen LogP contribution in [0.4, 0.5) is 0 Å². The molecular formula is C15H27NO7. The van der Waals surface area contributed by atoms with Crippen molar-refractivity contribution < 1.29 is 34.4 Å². The first kappa shape index (κ1) is 19.8. The highest BCUT2D eigenvalue weighted by Gasteiger charge is 2.53. The average Bonchev–Trinajstić information content (AvgIpc) is 2.50. The van der Waals surface area contributed by atoms with Crippen LogP contribution in [0.2, 0.25) is 0 Å². The Kier molecular flexibility index (Phi) is 7.40. The minimum Gasteiger partial charge on any atom is -0.462 e. The Labute approximate surface area is 136 Å². The van der Waals surface area contributed by atoms with Crippen molar-refractivity contribution in [3.05, 3.63) is 0 Å². The van der Waals surface area contributed by atoms with E-state index in [0.717, 1.165) is 0 Å².